The largest absolute Gasteiger partial charge is 0.465 e. The van der Waals surface area contributed by atoms with Crippen molar-refractivity contribution in [2.45, 2.75) is 18.4 Å². The molecule has 2 N–H and O–H groups in total. The zero-order valence-electron chi connectivity index (χ0n) is 13.6. The lowest BCUT2D eigenvalue weighted by Crippen LogP contribution is -2.51. The first-order valence-corrected chi connectivity index (χ1v) is 8.52. The average molecular weight is 359 g/mol. The van der Waals surface area contributed by atoms with Crippen LogP contribution in [0.15, 0.2) is 54.6 Å². The van der Waals surface area contributed by atoms with Gasteiger partial charge in [0.25, 0.3) is 5.91 Å². The predicted octanol–water partition coefficient (Wildman–Crippen LogP) is 3.61. The minimum atomic E-state index is -0.934. The van der Waals surface area contributed by atoms with E-state index in [2.05, 4.69) is 5.32 Å². The van der Waals surface area contributed by atoms with Crippen LogP contribution in [-0.2, 0) is 0 Å². The van der Waals surface area contributed by atoms with Crippen molar-refractivity contribution < 1.29 is 14.7 Å². The van der Waals surface area contributed by atoms with Crippen molar-refractivity contribution in [1.29, 1.82) is 0 Å². The lowest BCUT2D eigenvalue weighted by molar-refractivity contribution is 0.0888. The van der Waals surface area contributed by atoms with Crippen LogP contribution in [0.25, 0.3) is 0 Å². The molecular formula is C19H19ClN2O3. The van der Waals surface area contributed by atoms with Crippen molar-refractivity contribution in [3.63, 3.8) is 0 Å². The highest BCUT2D eigenvalue weighted by molar-refractivity contribution is 6.33. The van der Waals surface area contributed by atoms with Crippen molar-refractivity contribution in [2.75, 3.05) is 13.1 Å². The van der Waals surface area contributed by atoms with Gasteiger partial charge in [0.1, 0.15) is 0 Å². The van der Waals surface area contributed by atoms with Gasteiger partial charge in [-0.2, -0.15) is 0 Å². The molecule has 1 aliphatic rings. The number of carboxylic acid groups (broad SMARTS) is 1. The number of benzene rings is 2. The lowest BCUT2D eigenvalue weighted by Gasteiger charge is -2.38. The van der Waals surface area contributed by atoms with Crippen molar-refractivity contribution in [3.05, 3.63) is 70.7 Å². The molecule has 6 heteroatoms. The van der Waals surface area contributed by atoms with Crippen LogP contribution in [-0.4, -0.2) is 41.1 Å². The van der Waals surface area contributed by atoms with Gasteiger partial charge in [-0.1, -0.05) is 54.1 Å². The summed E-state index contributed by atoms with van der Waals surface area (Å²) in [6.45, 7) is 0.749. The maximum Gasteiger partial charge on any atom is 0.407 e. The summed E-state index contributed by atoms with van der Waals surface area (Å²) in [5.41, 5.74) is 1.44. The number of hydrogen-bond acceptors (Lipinski definition) is 2. The second-order valence-electron chi connectivity index (χ2n) is 6.09. The van der Waals surface area contributed by atoms with E-state index < -0.39 is 6.09 Å². The molecule has 3 rings (SSSR count). The van der Waals surface area contributed by atoms with Gasteiger partial charge in [0.05, 0.1) is 10.6 Å². The Morgan fingerprint density at radius 2 is 1.76 bits per heavy atom. The molecule has 0 bridgehead atoms. The number of likely N-dealkylation sites (tertiary alicyclic amines) is 1. The Morgan fingerprint density at radius 3 is 2.44 bits per heavy atom. The van der Waals surface area contributed by atoms with Gasteiger partial charge in [0.2, 0.25) is 0 Å². The maximum atomic E-state index is 12.6. The lowest BCUT2D eigenvalue weighted by atomic mass is 9.86. The Morgan fingerprint density at radius 1 is 1.08 bits per heavy atom. The Balaban J connectivity index is 1.82. The molecule has 0 aromatic heterocycles. The second-order valence-corrected chi connectivity index (χ2v) is 6.50. The van der Waals surface area contributed by atoms with Gasteiger partial charge in [-0.3, -0.25) is 4.79 Å². The van der Waals surface area contributed by atoms with E-state index in [1.165, 1.54) is 4.90 Å². The quantitative estimate of drug-likeness (QED) is 0.880. The number of amides is 2. The van der Waals surface area contributed by atoms with Crippen LogP contribution in [0.4, 0.5) is 4.79 Å². The smallest absolute Gasteiger partial charge is 0.407 e. The van der Waals surface area contributed by atoms with Gasteiger partial charge in [-0.15, -0.1) is 0 Å². The SMILES string of the molecule is O=C(N[C@@H]1CCN(C(=O)O)C[C@H]1c1ccccc1)c1ccccc1Cl. The summed E-state index contributed by atoms with van der Waals surface area (Å²) >= 11 is 6.11. The van der Waals surface area contributed by atoms with Crippen LogP contribution in [0.1, 0.15) is 28.3 Å². The number of piperidine rings is 1. The highest BCUT2D eigenvalue weighted by atomic mass is 35.5. The van der Waals surface area contributed by atoms with Crippen LogP contribution in [0.5, 0.6) is 0 Å². The van der Waals surface area contributed by atoms with Crippen LogP contribution in [0, 0.1) is 0 Å². The predicted molar refractivity (Wildman–Crippen MR) is 96.1 cm³/mol. The molecule has 1 saturated heterocycles. The zero-order valence-corrected chi connectivity index (χ0v) is 14.3. The molecule has 2 amide bonds. The first-order chi connectivity index (χ1) is 12.1. The Kier molecular flexibility index (Phi) is 5.24. The summed E-state index contributed by atoms with van der Waals surface area (Å²) in [6, 6.07) is 16.4. The minimum absolute atomic E-state index is 0.0995. The first kappa shape index (κ1) is 17.3. The standard InChI is InChI=1S/C19H19ClN2O3/c20-16-9-5-4-8-14(16)18(23)21-17-10-11-22(19(24)25)12-15(17)13-6-2-1-3-7-13/h1-9,15,17H,10-12H2,(H,21,23)(H,24,25)/t15-,17+/m0/s1. The normalized spacial score (nSPS) is 20.1. The number of nitrogens with one attached hydrogen (secondary N) is 1. The van der Waals surface area contributed by atoms with E-state index in [-0.39, 0.29) is 17.9 Å². The third-order valence-electron chi connectivity index (χ3n) is 4.55. The Bertz CT molecular complexity index is 766. The van der Waals surface area contributed by atoms with E-state index in [1.807, 2.05) is 30.3 Å². The minimum Gasteiger partial charge on any atom is -0.465 e. The van der Waals surface area contributed by atoms with Gasteiger partial charge >= 0.3 is 6.09 Å². The molecule has 1 heterocycles. The summed E-state index contributed by atoms with van der Waals surface area (Å²) in [5, 5.41) is 12.7. The van der Waals surface area contributed by atoms with E-state index in [1.54, 1.807) is 24.3 Å². The number of halogens is 1. The number of hydrogen-bond donors (Lipinski definition) is 2. The van der Waals surface area contributed by atoms with Gasteiger partial charge in [-0.05, 0) is 24.1 Å². The molecule has 0 saturated carbocycles. The van der Waals surface area contributed by atoms with Crippen LogP contribution >= 0.6 is 11.6 Å². The topological polar surface area (TPSA) is 69.6 Å². The molecule has 25 heavy (non-hydrogen) atoms. The van der Waals surface area contributed by atoms with E-state index in [0.29, 0.717) is 30.1 Å². The molecule has 0 aliphatic carbocycles. The van der Waals surface area contributed by atoms with E-state index in [9.17, 15) is 14.7 Å². The maximum absolute atomic E-state index is 12.6. The molecule has 1 aliphatic heterocycles. The Hall–Kier alpha value is -2.53. The molecule has 0 spiro atoms. The summed E-state index contributed by atoms with van der Waals surface area (Å²) in [6.07, 6.45) is -0.376. The molecule has 5 nitrogen and oxygen atoms in total. The molecular weight excluding hydrogens is 340 g/mol. The number of nitrogens with zero attached hydrogens (tertiary/aromatic N) is 1. The van der Waals surface area contributed by atoms with Crippen LogP contribution in [0.2, 0.25) is 5.02 Å². The molecule has 130 valence electrons. The highest BCUT2D eigenvalue weighted by Crippen LogP contribution is 2.28. The third-order valence-corrected chi connectivity index (χ3v) is 4.88. The fourth-order valence-corrected chi connectivity index (χ4v) is 3.45. The number of rotatable bonds is 3. The van der Waals surface area contributed by atoms with Crippen molar-refractivity contribution >= 4 is 23.6 Å². The van der Waals surface area contributed by atoms with Crippen molar-refractivity contribution in [1.82, 2.24) is 10.2 Å². The fraction of sp³-hybridized carbons (Fsp3) is 0.263. The van der Waals surface area contributed by atoms with Gasteiger partial charge in [0, 0.05) is 25.0 Å². The van der Waals surface area contributed by atoms with E-state index in [0.717, 1.165) is 5.56 Å². The third kappa shape index (κ3) is 3.94. The van der Waals surface area contributed by atoms with E-state index >= 15 is 0 Å². The van der Waals surface area contributed by atoms with Crippen molar-refractivity contribution in [2.24, 2.45) is 0 Å². The summed E-state index contributed by atoms with van der Waals surface area (Å²) in [4.78, 5) is 25.3. The van der Waals surface area contributed by atoms with Gasteiger partial charge in [-0.25, -0.2) is 4.79 Å². The second kappa shape index (κ2) is 7.57. The molecule has 0 unspecified atom stereocenters. The monoisotopic (exact) mass is 358 g/mol. The van der Waals surface area contributed by atoms with Crippen LogP contribution < -0.4 is 5.32 Å². The molecule has 2 atom stereocenters. The highest BCUT2D eigenvalue weighted by Gasteiger charge is 2.33. The van der Waals surface area contributed by atoms with Crippen molar-refractivity contribution in [3.8, 4) is 0 Å². The Labute approximate surface area is 151 Å². The molecule has 0 radical (unpaired) electrons. The summed E-state index contributed by atoms with van der Waals surface area (Å²) in [5.74, 6) is -0.335. The van der Waals surface area contributed by atoms with Gasteiger partial charge < -0.3 is 15.3 Å². The average Bonchev–Trinajstić information content (AvgIpc) is 2.63. The molecule has 2 aromatic rings. The summed E-state index contributed by atoms with van der Waals surface area (Å²) in [7, 11) is 0. The fourth-order valence-electron chi connectivity index (χ4n) is 3.23. The zero-order chi connectivity index (χ0) is 17.8. The number of carbonyl (C=O) groups is 2. The molecule has 1 fully saturated rings. The molecule has 2 aromatic carbocycles. The number of carbonyl (C=O) groups excluding carboxylic acids is 1. The first-order valence-electron chi connectivity index (χ1n) is 8.14. The van der Waals surface area contributed by atoms with E-state index in [4.69, 9.17) is 11.6 Å². The van der Waals surface area contributed by atoms with Crippen LogP contribution in [0.3, 0.4) is 0 Å². The van der Waals surface area contributed by atoms with Gasteiger partial charge in [0.15, 0.2) is 0 Å². The summed E-state index contributed by atoms with van der Waals surface area (Å²) < 4.78 is 0.